The Balaban J connectivity index is 2.14. The number of nitrogens with two attached hydrogens (primary N) is 1. The van der Waals surface area contributed by atoms with Gasteiger partial charge < -0.3 is 15.8 Å². The van der Waals surface area contributed by atoms with Crippen molar-refractivity contribution < 1.29 is 9.53 Å². The summed E-state index contributed by atoms with van der Waals surface area (Å²) in [4.78, 5) is 12.4. The highest BCUT2D eigenvalue weighted by molar-refractivity contribution is 7.80. The van der Waals surface area contributed by atoms with Gasteiger partial charge in [-0.25, -0.2) is 0 Å². The zero-order chi connectivity index (χ0) is 14.5. The first-order chi connectivity index (χ1) is 9.60. The van der Waals surface area contributed by atoms with Crippen LogP contribution in [0.5, 0.6) is 5.75 Å². The molecule has 2 rings (SSSR count). The Kier molecular flexibility index (Phi) is 4.32. The van der Waals surface area contributed by atoms with E-state index in [0.717, 1.165) is 5.75 Å². The zero-order valence-corrected chi connectivity index (χ0v) is 11.7. The van der Waals surface area contributed by atoms with Gasteiger partial charge in [-0.3, -0.25) is 4.79 Å². The third kappa shape index (κ3) is 3.33. The minimum absolute atomic E-state index is 0.215. The summed E-state index contributed by atoms with van der Waals surface area (Å²) >= 11 is 4.90. The maximum absolute atomic E-state index is 12.1. The molecular weight excluding hydrogens is 272 g/mol. The molecule has 0 aliphatic rings. The summed E-state index contributed by atoms with van der Waals surface area (Å²) < 4.78 is 5.06. The Labute approximate surface area is 122 Å². The number of carbonyl (C=O) groups is 1. The molecule has 5 heteroatoms. The molecule has 102 valence electrons. The highest BCUT2D eigenvalue weighted by atomic mass is 32.1. The maximum Gasteiger partial charge on any atom is 0.255 e. The smallest absolute Gasteiger partial charge is 0.255 e. The fourth-order valence-electron chi connectivity index (χ4n) is 1.69. The Bertz CT molecular complexity index is 639. The molecule has 0 spiro atoms. The lowest BCUT2D eigenvalue weighted by atomic mass is 10.1. The van der Waals surface area contributed by atoms with Gasteiger partial charge in [0.15, 0.2) is 0 Å². The molecule has 2 aromatic carbocycles. The van der Waals surface area contributed by atoms with Crippen LogP contribution in [0.25, 0.3) is 0 Å². The van der Waals surface area contributed by atoms with Gasteiger partial charge >= 0.3 is 0 Å². The first kappa shape index (κ1) is 14.0. The predicted molar refractivity (Wildman–Crippen MR) is 83.3 cm³/mol. The highest BCUT2D eigenvalue weighted by Gasteiger charge is 2.07. The fraction of sp³-hybridized carbons (Fsp3) is 0.0667. The van der Waals surface area contributed by atoms with Gasteiger partial charge in [0.1, 0.15) is 10.7 Å². The van der Waals surface area contributed by atoms with E-state index >= 15 is 0 Å². The van der Waals surface area contributed by atoms with Gasteiger partial charge in [-0.05, 0) is 36.4 Å². The molecule has 20 heavy (non-hydrogen) atoms. The van der Waals surface area contributed by atoms with E-state index in [1.807, 2.05) is 0 Å². The van der Waals surface area contributed by atoms with E-state index in [1.54, 1.807) is 55.6 Å². The van der Waals surface area contributed by atoms with Gasteiger partial charge in [-0.1, -0.05) is 24.4 Å². The first-order valence-corrected chi connectivity index (χ1v) is 6.36. The Morgan fingerprint density at radius 1 is 1.15 bits per heavy atom. The third-order valence-electron chi connectivity index (χ3n) is 2.76. The standard InChI is InChI=1S/C15H14N2O2S/c1-19-13-7-5-12(6-8-13)17-15(18)11-4-2-3-10(9-11)14(16)20/h2-9H,1H3,(H2,16,20)(H,17,18). The molecule has 4 nitrogen and oxygen atoms in total. The van der Waals surface area contributed by atoms with E-state index in [2.05, 4.69) is 5.32 Å². The molecule has 0 fully saturated rings. The van der Waals surface area contributed by atoms with Crippen LogP contribution >= 0.6 is 12.2 Å². The number of nitrogens with one attached hydrogen (secondary N) is 1. The van der Waals surface area contributed by atoms with Gasteiger partial charge in [0.2, 0.25) is 0 Å². The topological polar surface area (TPSA) is 64.3 Å². The largest absolute Gasteiger partial charge is 0.497 e. The molecule has 0 atom stereocenters. The van der Waals surface area contributed by atoms with Crippen molar-refractivity contribution in [1.29, 1.82) is 0 Å². The molecule has 0 radical (unpaired) electrons. The van der Waals surface area contributed by atoms with E-state index in [9.17, 15) is 4.79 Å². The zero-order valence-electron chi connectivity index (χ0n) is 10.9. The van der Waals surface area contributed by atoms with Gasteiger partial charge in [0.25, 0.3) is 5.91 Å². The molecule has 2 aromatic rings. The first-order valence-electron chi connectivity index (χ1n) is 5.95. The summed E-state index contributed by atoms with van der Waals surface area (Å²) in [6.45, 7) is 0. The number of carbonyl (C=O) groups excluding carboxylic acids is 1. The van der Waals surface area contributed by atoms with Gasteiger partial charge in [-0.15, -0.1) is 0 Å². The van der Waals surface area contributed by atoms with Crippen LogP contribution in [0.15, 0.2) is 48.5 Å². The highest BCUT2D eigenvalue weighted by Crippen LogP contribution is 2.16. The number of anilines is 1. The van der Waals surface area contributed by atoms with Crippen molar-refractivity contribution in [3.8, 4) is 5.75 Å². The van der Waals surface area contributed by atoms with Crippen LogP contribution in [0.4, 0.5) is 5.69 Å². The van der Waals surface area contributed by atoms with Crippen LogP contribution in [-0.4, -0.2) is 18.0 Å². The second-order valence-corrected chi connectivity index (χ2v) is 4.57. The number of rotatable bonds is 4. The Morgan fingerprint density at radius 2 is 1.80 bits per heavy atom. The summed E-state index contributed by atoms with van der Waals surface area (Å²) in [5, 5.41) is 2.80. The molecule has 3 N–H and O–H groups in total. The number of hydrogen-bond donors (Lipinski definition) is 2. The van der Waals surface area contributed by atoms with Crippen molar-refractivity contribution in [1.82, 2.24) is 0 Å². The molecule has 0 aromatic heterocycles. The molecular formula is C15H14N2O2S. The summed E-state index contributed by atoms with van der Waals surface area (Å²) in [6.07, 6.45) is 0. The van der Waals surface area contributed by atoms with Crippen LogP contribution < -0.4 is 15.8 Å². The number of methoxy groups -OCH3 is 1. The normalized spacial score (nSPS) is 9.85. The van der Waals surface area contributed by atoms with E-state index in [0.29, 0.717) is 16.8 Å². The Morgan fingerprint density at radius 3 is 2.40 bits per heavy atom. The summed E-state index contributed by atoms with van der Waals surface area (Å²) in [7, 11) is 1.59. The average Bonchev–Trinajstić information content (AvgIpc) is 2.48. The van der Waals surface area contributed by atoms with Crippen LogP contribution in [0.3, 0.4) is 0 Å². The quantitative estimate of drug-likeness (QED) is 0.848. The van der Waals surface area contributed by atoms with E-state index < -0.39 is 0 Å². The van der Waals surface area contributed by atoms with Crippen LogP contribution in [-0.2, 0) is 0 Å². The predicted octanol–water partition coefficient (Wildman–Crippen LogP) is 2.58. The second kappa shape index (κ2) is 6.16. The molecule has 0 saturated carbocycles. The lowest BCUT2D eigenvalue weighted by Crippen LogP contribution is -2.14. The minimum Gasteiger partial charge on any atom is -0.497 e. The maximum atomic E-state index is 12.1. The number of benzene rings is 2. The van der Waals surface area contributed by atoms with Crippen molar-refractivity contribution in [3.05, 3.63) is 59.7 Å². The minimum atomic E-state index is -0.215. The van der Waals surface area contributed by atoms with Crippen LogP contribution in [0.2, 0.25) is 0 Å². The van der Waals surface area contributed by atoms with E-state index in [1.165, 1.54) is 0 Å². The lowest BCUT2D eigenvalue weighted by molar-refractivity contribution is 0.102. The molecule has 1 amide bonds. The van der Waals surface area contributed by atoms with Crippen LogP contribution in [0.1, 0.15) is 15.9 Å². The summed E-state index contributed by atoms with van der Waals surface area (Å²) in [6, 6.07) is 14.0. The summed E-state index contributed by atoms with van der Waals surface area (Å²) in [5.41, 5.74) is 7.42. The molecule has 0 bridgehead atoms. The van der Waals surface area contributed by atoms with Gasteiger partial charge in [0.05, 0.1) is 7.11 Å². The lowest BCUT2D eigenvalue weighted by Gasteiger charge is -2.07. The van der Waals surface area contributed by atoms with Crippen molar-refractivity contribution in [2.45, 2.75) is 0 Å². The molecule has 0 aliphatic heterocycles. The number of hydrogen-bond acceptors (Lipinski definition) is 3. The Hall–Kier alpha value is -2.40. The van der Waals surface area contributed by atoms with Gasteiger partial charge in [0, 0.05) is 16.8 Å². The van der Waals surface area contributed by atoms with Crippen molar-refractivity contribution >= 4 is 28.8 Å². The SMILES string of the molecule is COc1ccc(NC(=O)c2cccc(C(N)=S)c2)cc1. The average molecular weight is 286 g/mol. The van der Waals surface area contributed by atoms with Gasteiger partial charge in [-0.2, -0.15) is 0 Å². The van der Waals surface area contributed by atoms with Crippen LogP contribution in [0, 0.1) is 0 Å². The number of ether oxygens (including phenoxy) is 1. The summed E-state index contributed by atoms with van der Waals surface area (Å²) in [5.74, 6) is 0.520. The van der Waals surface area contributed by atoms with Crippen molar-refractivity contribution in [2.75, 3.05) is 12.4 Å². The monoisotopic (exact) mass is 286 g/mol. The van der Waals surface area contributed by atoms with E-state index in [4.69, 9.17) is 22.7 Å². The van der Waals surface area contributed by atoms with E-state index in [-0.39, 0.29) is 10.9 Å². The molecule has 0 aliphatic carbocycles. The fourth-order valence-corrected chi connectivity index (χ4v) is 1.82. The molecule has 0 saturated heterocycles. The number of thiocarbonyl (C=S) groups is 1. The third-order valence-corrected chi connectivity index (χ3v) is 2.99. The second-order valence-electron chi connectivity index (χ2n) is 4.13. The number of amides is 1. The van der Waals surface area contributed by atoms with Crippen molar-refractivity contribution in [3.63, 3.8) is 0 Å². The molecule has 0 unspecified atom stereocenters. The molecule has 0 heterocycles. The van der Waals surface area contributed by atoms with Crippen molar-refractivity contribution in [2.24, 2.45) is 5.73 Å².